The molecule has 0 bridgehead atoms. The maximum absolute atomic E-state index is 11.9. The normalized spacial score (nSPS) is 12.5. The van der Waals surface area contributed by atoms with E-state index in [1.807, 2.05) is 0 Å². The van der Waals surface area contributed by atoms with Crippen molar-refractivity contribution >= 4 is 14.3 Å². The first kappa shape index (κ1) is 18.7. The minimum Gasteiger partial charge on any atom is -0.519 e. The zero-order chi connectivity index (χ0) is 14.9. The molecule has 0 saturated carbocycles. The van der Waals surface area contributed by atoms with Crippen LogP contribution < -0.4 is 0 Å². The molecule has 2 nitrogen and oxygen atoms in total. The molecule has 0 aliphatic heterocycles. The van der Waals surface area contributed by atoms with Gasteiger partial charge in [0.15, 0.2) is 0 Å². The van der Waals surface area contributed by atoms with E-state index >= 15 is 0 Å². The average Bonchev–Trinajstić information content (AvgIpc) is 2.25. The molecule has 19 heavy (non-hydrogen) atoms. The summed E-state index contributed by atoms with van der Waals surface area (Å²) in [5, 5.41) is 0.114. The largest absolute Gasteiger partial charge is 0.519 e. The van der Waals surface area contributed by atoms with Crippen LogP contribution in [0.25, 0.3) is 0 Å². The molecule has 0 unspecified atom stereocenters. The Balaban J connectivity index is 3.71. The summed E-state index contributed by atoms with van der Waals surface area (Å²) in [7, 11) is -1.90. The highest BCUT2D eigenvalue weighted by Gasteiger charge is 2.40. The minimum atomic E-state index is -1.90. The molecule has 0 heterocycles. The van der Waals surface area contributed by atoms with Gasteiger partial charge in [0.05, 0.1) is 0 Å². The molecule has 0 aliphatic carbocycles. The van der Waals surface area contributed by atoms with Crippen LogP contribution in [-0.2, 0) is 9.22 Å². The Bertz CT molecular complexity index is 254. The van der Waals surface area contributed by atoms with Crippen LogP contribution in [0.3, 0.4) is 0 Å². The van der Waals surface area contributed by atoms with Crippen molar-refractivity contribution in [3.05, 3.63) is 0 Å². The molecule has 0 aliphatic rings. The Kier molecular flexibility index (Phi) is 8.63. The molecular formula is C16H34O2Si. The predicted octanol–water partition coefficient (Wildman–Crippen LogP) is 5.68. The van der Waals surface area contributed by atoms with Crippen molar-refractivity contribution in [3.8, 4) is 0 Å². The van der Waals surface area contributed by atoms with E-state index in [0.717, 1.165) is 12.8 Å². The summed E-state index contributed by atoms with van der Waals surface area (Å²) in [5.74, 6) is 0.0140. The molecule has 0 saturated heterocycles. The first-order valence-electron chi connectivity index (χ1n) is 7.92. The summed E-state index contributed by atoms with van der Waals surface area (Å²) in [5.41, 5.74) is 0. The second kappa shape index (κ2) is 8.78. The van der Waals surface area contributed by atoms with Gasteiger partial charge in [-0.1, -0.05) is 66.2 Å². The molecule has 0 aromatic heterocycles. The van der Waals surface area contributed by atoms with Crippen molar-refractivity contribution in [1.29, 1.82) is 0 Å². The molecule has 0 aromatic rings. The highest BCUT2D eigenvalue weighted by molar-refractivity contribution is 6.75. The van der Waals surface area contributed by atoms with E-state index in [4.69, 9.17) is 4.43 Å². The number of hydrogen-bond donors (Lipinski definition) is 0. The third kappa shape index (κ3) is 8.46. The van der Waals surface area contributed by atoms with Gasteiger partial charge in [0.2, 0.25) is 0 Å². The van der Waals surface area contributed by atoms with Crippen LogP contribution >= 0.6 is 0 Å². The maximum Gasteiger partial charge on any atom is 0.292 e. The third-order valence-electron chi connectivity index (χ3n) is 4.16. The van der Waals surface area contributed by atoms with Crippen molar-refractivity contribution < 1.29 is 9.22 Å². The van der Waals surface area contributed by atoms with E-state index in [1.165, 1.54) is 32.1 Å². The van der Waals surface area contributed by atoms with Crippen LogP contribution in [0, 0.1) is 0 Å². The van der Waals surface area contributed by atoms with Gasteiger partial charge in [-0.05, 0) is 24.6 Å². The highest BCUT2D eigenvalue weighted by Crippen LogP contribution is 2.36. The smallest absolute Gasteiger partial charge is 0.292 e. The van der Waals surface area contributed by atoms with Crippen LogP contribution in [0.2, 0.25) is 18.1 Å². The quantitative estimate of drug-likeness (QED) is 0.403. The second-order valence-corrected chi connectivity index (χ2v) is 11.8. The van der Waals surface area contributed by atoms with Crippen molar-refractivity contribution in [3.63, 3.8) is 0 Å². The summed E-state index contributed by atoms with van der Waals surface area (Å²) >= 11 is 0. The van der Waals surface area contributed by atoms with E-state index in [2.05, 4.69) is 40.8 Å². The van der Waals surface area contributed by atoms with Gasteiger partial charge >= 0.3 is 0 Å². The minimum absolute atomic E-state index is 0.0140. The summed E-state index contributed by atoms with van der Waals surface area (Å²) in [4.78, 5) is 11.9. The molecule has 0 aromatic carbocycles. The van der Waals surface area contributed by atoms with Gasteiger partial charge in [0, 0.05) is 6.42 Å². The van der Waals surface area contributed by atoms with Crippen molar-refractivity contribution in [2.75, 3.05) is 0 Å². The number of unbranched alkanes of at least 4 members (excludes halogenated alkanes) is 6. The summed E-state index contributed by atoms with van der Waals surface area (Å²) in [6.45, 7) is 13.0. The van der Waals surface area contributed by atoms with Gasteiger partial charge < -0.3 is 4.43 Å². The van der Waals surface area contributed by atoms with E-state index < -0.39 is 8.32 Å². The maximum atomic E-state index is 11.9. The fourth-order valence-electron chi connectivity index (χ4n) is 1.72. The summed E-state index contributed by atoms with van der Waals surface area (Å²) in [6.07, 6.45) is 9.28. The van der Waals surface area contributed by atoms with Gasteiger partial charge in [-0.15, -0.1) is 0 Å². The van der Waals surface area contributed by atoms with Gasteiger partial charge in [-0.3, -0.25) is 4.79 Å². The van der Waals surface area contributed by atoms with E-state index in [1.54, 1.807) is 0 Å². The summed E-state index contributed by atoms with van der Waals surface area (Å²) < 4.78 is 5.75. The van der Waals surface area contributed by atoms with Gasteiger partial charge in [-0.25, -0.2) is 0 Å². The van der Waals surface area contributed by atoms with Crippen LogP contribution in [0.1, 0.15) is 79.1 Å². The Morgan fingerprint density at radius 2 is 1.42 bits per heavy atom. The number of rotatable bonds is 9. The second-order valence-electron chi connectivity index (χ2n) is 7.11. The lowest BCUT2D eigenvalue weighted by Crippen LogP contribution is -2.42. The lowest BCUT2D eigenvalue weighted by atomic mass is 10.1. The fraction of sp³-hybridized carbons (Fsp3) is 0.938. The van der Waals surface area contributed by atoms with Crippen molar-refractivity contribution in [2.45, 2.75) is 97.2 Å². The molecular weight excluding hydrogens is 252 g/mol. The Morgan fingerprint density at radius 3 is 1.89 bits per heavy atom. The molecule has 0 atom stereocenters. The standard InChI is InChI=1S/C16H34O2Si/c1-7-8-9-10-11-12-13-14-15(17)18-19(5,6)16(2,3)4/h7-14H2,1-6H3. The molecule has 0 N–H and O–H groups in total. The zero-order valence-electron chi connectivity index (χ0n) is 14.0. The predicted molar refractivity (Wildman–Crippen MR) is 85.9 cm³/mol. The Hall–Kier alpha value is -0.313. The zero-order valence-corrected chi connectivity index (χ0v) is 15.0. The van der Waals surface area contributed by atoms with Crippen LogP contribution in [0.5, 0.6) is 0 Å². The number of carbonyl (C=O) groups excluding carboxylic acids is 1. The molecule has 0 fully saturated rings. The van der Waals surface area contributed by atoms with Crippen LogP contribution in [-0.4, -0.2) is 14.3 Å². The lowest BCUT2D eigenvalue weighted by molar-refractivity contribution is -0.135. The van der Waals surface area contributed by atoms with E-state index in [0.29, 0.717) is 6.42 Å². The molecule has 0 radical (unpaired) electrons. The molecule has 3 heteroatoms. The van der Waals surface area contributed by atoms with Gasteiger partial charge in [-0.2, -0.15) is 0 Å². The monoisotopic (exact) mass is 286 g/mol. The first-order chi connectivity index (χ1) is 8.70. The van der Waals surface area contributed by atoms with E-state index in [-0.39, 0.29) is 11.0 Å². The average molecular weight is 287 g/mol. The van der Waals surface area contributed by atoms with Crippen molar-refractivity contribution in [2.24, 2.45) is 0 Å². The Morgan fingerprint density at radius 1 is 0.947 bits per heavy atom. The van der Waals surface area contributed by atoms with Crippen LogP contribution in [0.4, 0.5) is 0 Å². The first-order valence-corrected chi connectivity index (χ1v) is 10.8. The SMILES string of the molecule is CCCCCCCCCC(=O)O[Si](C)(C)C(C)(C)C. The third-order valence-corrected chi connectivity index (χ3v) is 8.51. The molecule has 0 rings (SSSR count). The van der Waals surface area contributed by atoms with Crippen molar-refractivity contribution in [1.82, 2.24) is 0 Å². The van der Waals surface area contributed by atoms with E-state index in [9.17, 15) is 4.79 Å². The van der Waals surface area contributed by atoms with Gasteiger partial charge in [0.25, 0.3) is 14.3 Å². The summed E-state index contributed by atoms with van der Waals surface area (Å²) in [6, 6.07) is 0. The number of carbonyl (C=O) groups is 1. The lowest BCUT2D eigenvalue weighted by Gasteiger charge is -2.35. The molecule has 0 spiro atoms. The molecule has 0 amide bonds. The number of hydrogen-bond acceptors (Lipinski definition) is 2. The topological polar surface area (TPSA) is 26.3 Å². The molecule has 114 valence electrons. The Labute approximate surface area is 121 Å². The highest BCUT2D eigenvalue weighted by atomic mass is 28.4. The van der Waals surface area contributed by atoms with Gasteiger partial charge in [0.1, 0.15) is 0 Å². The fourth-order valence-corrected chi connectivity index (χ4v) is 2.69. The van der Waals surface area contributed by atoms with Crippen LogP contribution in [0.15, 0.2) is 0 Å².